The van der Waals surface area contributed by atoms with E-state index < -0.39 is 35.1 Å². The van der Waals surface area contributed by atoms with Gasteiger partial charge in [0.05, 0.1) is 5.56 Å². The Balaban J connectivity index is 1.92. The summed E-state index contributed by atoms with van der Waals surface area (Å²) < 4.78 is 83.3. The van der Waals surface area contributed by atoms with E-state index in [4.69, 9.17) is 0 Å². The number of ether oxygens (including phenoxy) is 1. The van der Waals surface area contributed by atoms with Gasteiger partial charge in [-0.1, -0.05) is 30.0 Å². The molecule has 0 aliphatic carbocycles. The fourth-order valence-electron chi connectivity index (χ4n) is 2.85. The SMILES string of the molecule is C=CCCc1cc(F)c(C#Cc2ccc3c(F)c(OC(F)(F)F)ccc3c2)c(F)c1. The molecule has 0 aliphatic rings. The molecule has 3 aromatic carbocycles. The van der Waals surface area contributed by atoms with Gasteiger partial charge in [0, 0.05) is 10.9 Å². The van der Waals surface area contributed by atoms with Gasteiger partial charge in [0.25, 0.3) is 0 Å². The van der Waals surface area contributed by atoms with Crippen molar-refractivity contribution >= 4 is 10.8 Å². The first kappa shape index (κ1) is 21.3. The lowest BCUT2D eigenvalue weighted by atomic mass is 10.0. The topological polar surface area (TPSA) is 9.23 Å². The van der Waals surface area contributed by atoms with Crippen molar-refractivity contribution in [3.05, 3.63) is 89.3 Å². The molecule has 0 amide bonds. The van der Waals surface area contributed by atoms with E-state index in [2.05, 4.69) is 23.2 Å². The van der Waals surface area contributed by atoms with E-state index in [-0.39, 0.29) is 10.8 Å². The monoisotopic (exact) mass is 420 g/mol. The molecule has 0 unspecified atom stereocenters. The second-order valence-corrected chi connectivity index (χ2v) is 6.37. The number of alkyl halides is 3. The highest BCUT2D eigenvalue weighted by molar-refractivity contribution is 5.86. The van der Waals surface area contributed by atoms with Gasteiger partial charge in [0.15, 0.2) is 11.6 Å². The molecule has 0 aromatic heterocycles. The predicted octanol–water partition coefficient (Wildman–Crippen LogP) is 6.67. The van der Waals surface area contributed by atoms with Crippen LogP contribution in [0.2, 0.25) is 0 Å². The van der Waals surface area contributed by atoms with Crippen LogP contribution in [0.4, 0.5) is 26.3 Å². The van der Waals surface area contributed by atoms with Crippen molar-refractivity contribution < 1.29 is 31.1 Å². The summed E-state index contributed by atoms with van der Waals surface area (Å²) in [7, 11) is 0. The van der Waals surface area contributed by atoms with Crippen molar-refractivity contribution in [2.75, 3.05) is 0 Å². The summed E-state index contributed by atoms with van der Waals surface area (Å²) in [6.45, 7) is 3.56. The Morgan fingerprint density at radius 1 is 0.933 bits per heavy atom. The second-order valence-electron chi connectivity index (χ2n) is 6.37. The number of rotatable bonds is 4. The van der Waals surface area contributed by atoms with Gasteiger partial charge in [-0.2, -0.15) is 0 Å². The maximum atomic E-state index is 14.2. The highest BCUT2D eigenvalue weighted by Crippen LogP contribution is 2.31. The Morgan fingerprint density at radius 2 is 1.63 bits per heavy atom. The molecule has 30 heavy (non-hydrogen) atoms. The van der Waals surface area contributed by atoms with Crippen LogP contribution in [-0.2, 0) is 6.42 Å². The van der Waals surface area contributed by atoms with E-state index >= 15 is 0 Å². The zero-order valence-corrected chi connectivity index (χ0v) is 15.4. The van der Waals surface area contributed by atoms with E-state index in [1.807, 2.05) is 0 Å². The molecule has 0 radical (unpaired) electrons. The van der Waals surface area contributed by atoms with E-state index in [1.165, 1.54) is 36.4 Å². The molecular weight excluding hydrogens is 406 g/mol. The van der Waals surface area contributed by atoms with Crippen molar-refractivity contribution in [1.82, 2.24) is 0 Å². The summed E-state index contributed by atoms with van der Waals surface area (Å²) in [6, 6.07) is 8.46. The first-order chi connectivity index (χ1) is 14.2. The first-order valence-corrected chi connectivity index (χ1v) is 8.77. The summed E-state index contributed by atoms with van der Waals surface area (Å²) >= 11 is 0. The highest BCUT2D eigenvalue weighted by atomic mass is 19.4. The van der Waals surface area contributed by atoms with Gasteiger partial charge in [0.2, 0.25) is 0 Å². The van der Waals surface area contributed by atoms with Gasteiger partial charge in [-0.3, -0.25) is 0 Å². The predicted molar refractivity (Wildman–Crippen MR) is 101 cm³/mol. The van der Waals surface area contributed by atoms with Crippen LogP contribution >= 0.6 is 0 Å². The minimum Gasteiger partial charge on any atom is -0.403 e. The van der Waals surface area contributed by atoms with Gasteiger partial charge in [-0.05, 0) is 54.1 Å². The zero-order valence-electron chi connectivity index (χ0n) is 15.4. The minimum absolute atomic E-state index is 0.105. The highest BCUT2D eigenvalue weighted by Gasteiger charge is 2.32. The molecule has 0 bridgehead atoms. The summed E-state index contributed by atoms with van der Waals surface area (Å²) in [4.78, 5) is 0. The molecule has 0 N–H and O–H groups in total. The van der Waals surface area contributed by atoms with Gasteiger partial charge in [-0.15, -0.1) is 19.8 Å². The number of allylic oxidation sites excluding steroid dienone is 1. The number of benzene rings is 3. The summed E-state index contributed by atoms with van der Waals surface area (Å²) in [5.41, 5.74) is 0.381. The molecule has 3 aromatic rings. The number of fused-ring (bicyclic) bond motifs is 1. The van der Waals surface area contributed by atoms with Gasteiger partial charge in [-0.25, -0.2) is 13.2 Å². The average molecular weight is 420 g/mol. The second kappa shape index (κ2) is 8.54. The van der Waals surface area contributed by atoms with Crippen molar-refractivity contribution in [3.8, 4) is 17.6 Å². The molecule has 3 rings (SSSR count). The van der Waals surface area contributed by atoms with Gasteiger partial charge >= 0.3 is 6.36 Å². The Bertz CT molecular complexity index is 1140. The average Bonchev–Trinajstić information content (AvgIpc) is 2.67. The summed E-state index contributed by atoms with van der Waals surface area (Å²) in [5.74, 6) is 1.28. The zero-order chi connectivity index (χ0) is 21.9. The standard InChI is InChI=1S/C23H14F6O/c1-2-3-4-15-12-19(24)18(20(25)13-15)9-6-14-5-8-17-16(11-14)7-10-21(22(17)26)30-23(27,28)29/h2,5,7-8,10-13H,1,3-4H2. The van der Waals surface area contributed by atoms with Gasteiger partial charge < -0.3 is 4.74 Å². The maximum absolute atomic E-state index is 14.2. The summed E-state index contributed by atoms with van der Waals surface area (Å²) in [5, 5.41) is 0.153. The smallest absolute Gasteiger partial charge is 0.403 e. The lowest BCUT2D eigenvalue weighted by Crippen LogP contribution is -2.17. The number of aryl methyl sites for hydroxylation is 1. The Kier molecular flexibility index (Phi) is 6.06. The van der Waals surface area contributed by atoms with Crippen LogP contribution in [0.25, 0.3) is 10.8 Å². The molecule has 0 saturated carbocycles. The number of hydrogen-bond donors (Lipinski definition) is 0. The third-order valence-corrected chi connectivity index (χ3v) is 4.22. The first-order valence-electron chi connectivity index (χ1n) is 8.77. The Labute approximate surface area is 168 Å². The van der Waals surface area contributed by atoms with Crippen molar-refractivity contribution in [2.24, 2.45) is 0 Å². The van der Waals surface area contributed by atoms with E-state index in [9.17, 15) is 26.3 Å². The van der Waals surface area contributed by atoms with Crippen LogP contribution < -0.4 is 4.74 Å². The van der Waals surface area contributed by atoms with E-state index in [1.54, 1.807) is 6.08 Å². The fourth-order valence-corrected chi connectivity index (χ4v) is 2.85. The molecule has 0 fully saturated rings. The Morgan fingerprint density at radius 3 is 2.27 bits per heavy atom. The van der Waals surface area contributed by atoms with Crippen LogP contribution in [0, 0.1) is 29.3 Å². The Hall–Kier alpha value is -3.40. The normalized spacial score (nSPS) is 11.1. The third-order valence-electron chi connectivity index (χ3n) is 4.22. The quantitative estimate of drug-likeness (QED) is 0.260. The van der Waals surface area contributed by atoms with Crippen LogP contribution in [0.3, 0.4) is 0 Å². The number of hydrogen-bond acceptors (Lipinski definition) is 1. The molecule has 0 atom stereocenters. The lowest BCUT2D eigenvalue weighted by molar-refractivity contribution is -0.275. The lowest BCUT2D eigenvalue weighted by Gasteiger charge is -2.11. The van der Waals surface area contributed by atoms with Crippen LogP contribution in [0.15, 0.2) is 55.1 Å². The minimum atomic E-state index is -5.02. The maximum Gasteiger partial charge on any atom is 0.573 e. The molecule has 0 saturated heterocycles. The summed E-state index contributed by atoms with van der Waals surface area (Å²) in [6.07, 6.45) is -2.35. The van der Waals surface area contributed by atoms with E-state index in [0.29, 0.717) is 24.0 Å². The molecule has 1 nitrogen and oxygen atoms in total. The molecule has 0 heterocycles. The fraction of sp³-hybridized carbons (Fsp3) is 0.130. The van der Waals surface area contributed by atoms with Crippen molar-refractivity contribution in [2.45, 2.75) is 19.2 Å². The van der Waals surface area contributed by atoms with E-state index in [0.717, 1.165) is 6.07 Å². The van der Waals surface area contributed by atoms with Crippen molar-refractivity contribution in [3.63, 3.8) is 0 Å². The van der Waals surface area contributed by atoms with Crippen LogP contribution in [0.1, 0.15) is 23.1 Å². The molecular formula is C23H14F6O. The van der Waals surface area contributed by atoms with Crippen LogP contribution in [-0.4, -0.2) is 6.36 Å². The number of halogens is 6. The van der Waals surface area contributed by atoms with Crippen LogP contribution in [0.5, 0.6) is 5.75 Å². The molecule has 7 heteroatoms. The molecule has 154 valence electrons. The largest absolute Gasteiger partial charge is 0.573 e. The molecule has 0 aliphatic heterocycles. The third kappa shape index (κ3) is 4.95. The van der Waals surface area contributed by atoms with Crippen molar-refractivity contribution in [1.29, 1.82) is 0 Å². The molecule has 0 spiro atoms. The van der Waals surface area contributed by atoms with Gasteiger partial charge in [0.1, 0.15) is 11.6 Å².